The highest BCUT2D eigenvalue weighted by Gasteiger charge is 2.70. The second-order valence-corrected chi connectivity index (χ2v) is 18.5. The van der Waals surface area contributed by atoms with Crippen LogP contribution >= 0.6 is 0 Å². The van der Waals surface area contributed by atoms with Crippen LogP contribution in [0.25, 0.3) is 0 Å². The summed E-state index contributed by atoms with van der Waals surface area (Å²) in [5.41, 5.74) is 0.443. The van der Waals surface area contributed by atoms with E-state index < -0.39 is 17.7 Å². The first kappa shape index (κ1) is 32.0. The molecular weight excluding hydrogens is 564 g/mol. The third kappa shape index (κ3) is 4.75. The van der Waals surface area contributed by atoms with Gasteiger partial charge in [0.1, 0.15) is 0 Å². The molecule has 1 spiro atoms. The molecule has 6 nitrogen and oxygen atoms in total. The fraction of sp³-hybridized carbons (Fsp3) is 1.00. The van der Waals surface area contributed by atoms with Crippen molar-refractivity contribution in [1.29, 1.82) is 0 Å². The third-order valence-corrected chi connectivity index (χ3v) is 16.6. The molecule has 45 heavy (non-hydrogen) atoms. The van der Waals surface area contributed by atoms with Crippen LogP contribution in [0.5, 0.6) is 0 Å². The minimum Gasteiger partial charge on any atom is -0.396 e. The first-order valence-corrected chi connectivity index (χ1v) is 19.5. The molecule has 0 amide bonds. The van der Waals surface area contributed by atoms with Crippen LogP contribution in [0, 0.1) is 70.0 Å². The van der Waals surface area contributed by atoms with Crippen molar-refractivity contribution in [3.05, 3.63) is 0 Å². The van der Waals surface area contributed by atoms with Crippen LogP contribution in [0.4, 0.5) is 0 Å². The van der Waals surface area contributed by atoms with Crippen LogP contribution in [0.1, 0.15) is 138 Å². The van der Waals surface area contributed by atoms with E-state index in [4.69, 9.17) is 24.0 Å². The van der Waals surface area contributed by atoms with E-state index in [1.807, 2.05) is 6.92 Å². The first-order valence-electron chi connectivity index (χ1n) is 19.5. The van der Waals surface area contributed by atoms with Crippen LogP contribution in [0.15, 0.2) is 0 Å². The lowest BCUT2D eigenvalue weighted by atomic mass is 9.44. The lowest BCUT2D eigenvalue weighted by Crippen LogP contribution is -2.70. The highest BCUT2D eigenvalue weighted by atomic mass is 17.3. The molecule has 2 bridgehead atoms. The van der Waals surface area contributed by atoms with E-state index in [1.54, 1.807) is 0 Å². The molecule has 0 aromatic rings. The average molecular weight is 629 g/mol. The van der Waals surface area contributed by atoms with Gasteiger partial charge in [0.15, 0.2) is 18.2 Å². The summed E-state index contributed by atoms with van der Waals surface area (Å²) in [6.45, 7) is 14.9. The van der Waals surface area contributed by atoms with Crippen molar-refractivity contribution in [3.8, 4) is 0 Å². The molecular formula is C39H64O6. The molecule has 256 valence electrons. The summed E-state index contributed by atoms with van der Waals surface area (Å²) >= 11 is 0. The van der Waals surface area contributed by atoms with Gasteiger partial charge in [-0.05, 0) is 155 Å². The van der Waals surface area contributed by atoms with Gasteiger partial charge in [-0.1, -0.05) is 34.6 Å². The zero-order chi connectivity index (χ0) is 31.4. The minimum atomic E-state index is -0.735. The Morgan fingerprint density at radius 2 is 1.56 bits per heavy atom. The lowest BCUT2D eigenvalue weighted by molar-refractivity contribution is -0.578. The molecule has 0 radical (unpaired) electrons. The van der Waals surface area contributed by atoms with E-state index in [1.165, 1.54) is 64.2 Å². The Morgan fingerprint density at radius 1 is 0.800 bits per heavy atom. The third-order valence-electron chi connectivity index (χ3n) is 16.6. The van der Waals surface area contributed by atoms with E-state index >= 15 is 0 Å². The fourth-order valence-corrected chi connectivity index (χ4v) is 14.1. The van der Waals surface area contributed by atoms with Crippen LogP contribution in [-0.4, -0.2) is 41.8 Å². The summed E-state index contributed by atoms with van der Waals surface area (Å²) in [4.78, 5) is 12.4. The quantitative estimate of drug-likeness (QED) is 0.235. The largest absolute Gasteiger partial charge is 0.396 e. The van der Waals surface area contributed by atoms with Gasteiger partial charge >= 0.3 is 0 Å². The Morgan fingerprint density at radius 3 is 2.38 bits per heavy atom. The maximum atomic E-state index is 9.47. The Kier molecular flexibility index (Phi) is 8.11. The molecule has 0 aromatic carbocycles. The summed E-state index contributed by atoms with van der Waals surface area (Å²) in [6, 6.07) is 0. The van der Waals surface area contributed by atoms with E-state index in [2.05, 4.69) is 34.6 Å². The predicted molar refractivity (Wildman–Crippen MR) is 172 cm³/mol. The predicted octanol–water partition coefficient (Wildman–Crippen LogP) is 8.65. The van der Waals surface area contributed by atoms with Gasteiger partial charge in [-0.15, -0.1) is 0 Å². The summed E-state index contributed by atoms with van der Waals surface area (Å²) in [6.07, 6.45) is 18.2. The number of hydrogen-bond acceptors (Lipinski definition) is 6. The van der Waals surface area contributed by atoms with Crippen molar-refractivity contribution in [3.63, 3.8) is 0 Å². The number of hydrogen-bond donors (Lipinski definition) is 1. The van der Waals surface area contributed by atoms with Gasteiger partial charge in [0, 0.05) is 24.9 Å². The molecule has 0 aromatic heterocycles. The maximum Gasteiger partial charge on any atom is 0.201 e. The van der Waals surface area contributed by atoms with Crippen molar-refractivity contribution in [2.45, 2.75) is 168 Å². The second kappa shape index (κ2) is 11.4. The van der Waals surface area contributed by atoms with Gasteiger partial charge in [-0.25, -0.2) is 9.78 Å². The van der Waals surface area contributed by atoms with Crippen molar-refractivity contribution in [2.75, 3.05) is 6.61 Å². The second-order valence-electron chi connectivity index (χ2n) is 18.5. The molecule has 9 aliphatic rings. The Bertz CT molecular complexity index is 1100. The lowest BCUT2D eigenvalue weighted by Gasteiger charge is -2.62. The molecule has 5 aliphatic carbocycles. The molecule has 17 atom stereocenters. The zero-order valence-corrected chi connectivity index (χ0v) is 29.3. The maximum absolute atomic E-state index is 9.47. The molecule has 4 saturated heterocycles. The van der Waals surface area contributed by atoms with Crippen LogP contribution in [0.2, 0.25) is 0 Å². The number of ether oxygens (including phenoxy) is 3. The highest BCUT2D eigenvalue weighted by Crippen LogP contribution is 2.69. The molecule has 1 unspecified atom stereocenters. The van der Waals surface area contributed by atoms with Gasteiger partial charge in [-0.2, -0.15) is 0 Å². The molecule has 5 saturated carbocycles. The molecule has 9 fully saturated rings. The van der Waals surface area contributed by atoms with Crippen molar-refractivity contribution >= 4 is 0 Å². The van der Waals surface area contributed by atoms with Crippen molar-refractivity contribution in [1.82, 2.24) is 0 Å². The van der Waals surface area contributed by atoms with Crippen molar-refractivity contribution < 1.29 is 29.1 Å². The topological polar surface area (TPSA) is 66.4 Å². The smallest absolute Gasteiger partial charge is 0.201 e. The number of rotatable bonds is 6. The monoisotopic (exact) mass is 628 g/mol. The van der Waals surface area contributed by atoms with Gasteiger partial charge < -0.3 is 19.3 Å². The van der Waals surface area contributed by atoms with E-state index in [-0.39, 0.29) is 18.3 Å². The summed E-state index contributed by atoms with van der Waals surface area (Å²) < 4.78 is 20.5. The highest BCUT2D eigenvalue weighted by molar-refractivity contribution is 5.11. The Labute approximate surface area is 273 Å². The Hall–Kier alpha value is -0.240. The van der Waals surface area contributed by atoms with Crippen molar-refractivity contribution in [2.24, 2.45) is 70.0 Å². The van der Waals surface area contributed by atoms with E-state index in [0.29, 0.717) is 35.2 Å². The van der Waals surface area contributed by atoms with Crippen LogP contribution < -0.4 is 0 Å². The Balaban J connectivity index is 0.948. The summed E-state index contributed by atoms with van der Waals surface area (Å²) in [7, 11) is 0. The molecule has 4 aliphatic heterocycles. The normalized spacial score (nSPS) is 57.7. The zero-order valence-electron chi connectivity index (χ0n) is 29.3. The van der Waals surface area contributed by atoms with Gasteiger partial charge in [0.2, 0.25) is 5.79 Å². The van der Waals surface area contributed by atoms with Gasteiger partial charge in [0.05, 0.1) is 6.10 Å². The fourth-order valence-electron chi connectivity index (χ4n) is 14.1. The number of aliphatic hydroxyl groups is 1. The SMILES string of the molecule is C[C@H]1[C@@H](O[C@@H]2CC[C@@]3(C)[C@H](CC[C@@H]4[C@@H]3CC[C@]3(C)[C@@H]([C@H](C)CCCO)CC[C@@H]43)C2)OC2O[C@@]3(C)CC[C@H]4[C@H](C)CC[C@@H]1[C@@]24OO3. The molecule has 4 heterocycles. The van der Waals surface area contributed by atoms with Gasteiger partial charge in [-0.3, -0.25) is 0 Å². The molecule has 9 rings (SSSR count). The number of fused-ring (bicyclic) bond motifs is 7. The summed E-state index contributed by atoms with van der Waals surface area (Å²) in [5, 5.41) is 9.47. The molecule has 1 N–H and O–H groups in total. The van der Waals surface area contributed by atoms with Crippen LogP contribution in [-0.2, 0) is 24.0 Å². The average Bonchev–Trinajstić information content (AvgIpc) is 3.22. The standard InChI is InChI=1S/C39H64O6/c1-23(8-7-21-40)29-13-14-32-28-11-10-26-22-27(15-18-36(26,4)33(28)16-19-37(29,32)5)41-34-25(3)31-12-9-24(2)30-17-20-38(6)43-35(42-34)39(30,31)45-44-38/h23-35,40H,7-22H2,1-6H3/t23-,24-,25-,26-,27-,28+,29-,30+,31+,32+,33+,34+,35?,36+,37-,38-,39-/m1/s1. The van der Waals surface area contributed by atoms with Gasteiger partial charge in [0.25, 0.3) is 0 Å². The minimum absolute atomic E-state index is 0.240. The number of aliphatic hydroxyl groups excluding tert-OH is 1. The first-order chi connectivity index (χ1) is 21.5. The summed E-state index contributed by atoms with van der Waals surface area (Å²) in [5.74, 6) is 5.85. The van der Waals surface area contributed by atoms with Crippen LogP contribution in [0.3, 0.4) is 0 Å². The van der Waals surface area contributed by atoms with E-state index in [9.17, 15) is 5.11 Å². The molecule has 6 heteroatoms. The van der Waals surface area contributed by atoms with E-state index in [0.717, 1.165) is 67.6 Å².